The van der Waals surface area contributed by atoms with Gasteiger partial charge in [-0.05, 0) is 37.6 Å². The monoisotopic (exact) mass is 398 g/mol. The summed E-state index contributed by atoms with van der Waals surface area (Å²) in [7, 11) is 3.20. The largest absolute Gasteiger partial charge is 0.497 e. The fourth-order valence-corrected chi connectivity index (χ4v) is 3.45. The van der Waals surface area contributed by atoms with Crippen LogP contribution < -0.4 is 19.5 Å². The van der Waals surface area contributed by atoms with E-state index in [2.05, 4.69) is 10.3 Å². The van der Waals surface area contributed by atoms with Crippen molar-refractivity contribution in [2.75, 3.05) is 26.1 Å². The lowest BCUT2D eigenvalue weighted by Crippen LogP contribution is -2.20. The van der Waals surface area contributed by atoms with Crippen molar-refractivity contribution in [1.82, 2.24) is 4.98 Å². The van der Waals surface area contributed by atoms with Crippen molar-refractivity contribution in [3.05, 3.63) is 52.9 Å². The fraction of sp³-hybridized carbons (Fsp3) is 0.238. The molecular formula is C21H22N2O4S. The van der Waals surface area contributed by atoms with Gasteiger partial charge in [0.05, 0.1) is 19.9 Å². The summed E-state index contributed by atoms with van der Waals surface area (Å²) in [5, 5.41) is 5.14. The van der Waals surface area contributed by atoms with Gasteiger partial charge in [-0.3, -0.25) is 10.1 Å². The summed E-state index contributed by atoms with van der Waals surface area (Å²) in [6, 6.07) is 11.4. The Morgan fingerprint density at radius 1 is 1.07 bits per heavy atom. The topological polar surface area (TPSA) is 69.7 Å². The third kappa shape index (κ3) is 4.61. The highest BCUT2D eigenvalue weighted by Gasteiger charge is 2.13. The van der Waals surface area contributed by atoms with E-state index in [1.807, 2.05) is 49.6 Å². The maximum Gasteiger partial charge on any atom is 0.264 e. The van der Waals surface area contributed by atoms with Gasteiger partial charge in [-0.1, -0.05) is 17.7 Å². The summed E-state index contributed by atoms with van der Waals surface area (Å²) in [5.74, 6) is 1.79. The van der Waals surface area contributed by atoms with Gasteiger partial charge in [0.1, 0.15) is 17.2 Å². The van der Waals surface area contributed by atoms with E-state index < -0.39 is 0 Å². The van der Waals surface area contributed by atoms with Gasteiger partial charge >= 0.3 is 0 Å². The van der Waals surface area contributed by atoms with E-state index in [4.69, 9.17) is 14.2 Å². The van der Waals surface area contributed by atoms with Crippen molar-refractivity contribution in [2.45, 2.75) is 13.8 Å². The molecule has 0 atom stereocenters. The molecule has 3 aromatic rings. The predicted octanol–water partition coefficient (Wildman–Crippen LogP) is 4.46. The zero-order chi connectivity index (χ0) is 20.1. The van der Waals surface area contributed by atoms with Crippen LogP contribution in [0, 0.1) is 13.8 Å². The lowest BCUT2D eigenvalue weighted by Gasteiger charge is -2.09. The highest BCUT2D eigenvalue weighted by molar-refractivity contribution is 7.14. The Balaban J connectivity index is 1.65. The third-order valence-electron chi connectivity index (χ3n) is 4.12. The minimum Gasteiger partial charge on any atom is -0.497 e. The Labute approximate surface area is 168 Å². The van der Waals surface area contributed by atoms with Crippen molar-refractivity contribution in [2.24, 2.45) is 0 Å². The number of hydrogen-bond acceptors (Lipinski definition) is 6. The van der Waals surface area contributed by atoms with Gasteiger partial charge in [0.15, 0.2) is 11.7 Å². The first-order valence-electron chi connectivity index (χ1n) is 8.68. The number of aromatic nitrogens is 1. The smallest absolute Gasteiger partial charge is 0.264 e. The SMILES string of the molecule is COc1ccc(-c2csc(NC(=O)COc3ccc(C)cc3C)n2)c(OC)c1. The maximum absolute atomic E-state index is 12.2. The Bertz CT molecular complexity index is 984. The molecule has 0 unspecified atom stereocenters. The first-order chi connectivity index (χ1) is 13.5. The highest BCUT2D eigenvalue weighted by atomic mass is 32.1. The van der Waals surface area contributed by atoms with Crippen molar-refractivity contribution in [3.8, 4) is 28.5 Å². The molecule has 0 saturated carbocycles. The number of carbonyl (C=O) groups is 1. The molecule has 1 aromatic heterocycles. The zero-order valence-corrected chi connectivity index (χ0v) is 17.1. The number of nitrogens with zero attached hydrogens (tertiary/aromatic N) is 1. The van der Waals surface area contributed by atoms with Crippen LogP contribution in [-0.4, -0.2) is 31.7 Å². The number of carbonyl (C=O) groups excluding carboxylic acids is 1. The van der Waals surface area contributed by atoms with Crippen LogP contribution in [0.25, 0.3) is 11.3 Å². The Hall–Kier alpha value is -3.06. The number of thiazole rings is 1. The molecule has 0 bridgehead atoms. The van der Waals surface area contributed by atoms with E-state index in [-0.39, 0.29) is 12.5 Å². The summed E-state index contributed by atoms with van der Waals surface area (Å²) >= 11 is 1.34. The maximum atomic E-state index is 12.2. The molecule has 1 amide bonds. The number of aryl methyl sites for hydroxylation is 2. The van der Waals surface area contributed by atoms with Crippen LogP contribution in [0.4, 0.5) is 5.13 Å². The van der Waals surface area contributed by atoms with Gasteiger partial charge in [-0.25, -0.2) is 4.98 Å². The number of amides is 1. The zero-order valence-electron chi connectivity index (χ0n) is 16.2. The van der Waals surface area contributed by atoms with E-state index in [1.54, 1.807) is 20.3 Å². The molecule has 0 spiro atoms. The first-order valence-corrected chi connectivity index (χ1v) is 9.56. The van der Waals surface area contributed by atoms with Gasteiger partial charge in [-0.2, -0.15) is 0 Å². The Kier molecular flexibility index (Phi) is 6.16. The van der Waals surface area contributed by atoms with E-state index in [0.717, 1.165) is 22.4 Å². The quantitative estimate of drug-likeness (QED) is 0.636. The lowest BCUT2D eigenvalue weighted by atomic mass is 10.1. The predicted molar refractivity (Wildman–Crippen MR) is 111 cm³/mol. The molecule has 0 radical (unpaired) electrons. The van der Waals surface area contributed by atoms with E-state index in [1.165, 1.54) is 11.3 Å². The summed E-state index contributed by atoms with van der Waals surface area (Å²) in [5.41, 5.74) is 3.69. The molecule has 2 aromatic carbocycles. The number of nitrogens with one attached hydrogen (secondary N) is 1. The van der Waals surface area contributed by atoms with Crippen molar-refractivity contribution < 1.29 is 19.0 Å². The number of methoxy groups -OCH3 is 2. The Morgan fingerprint density at radius 3 is 2.61 bits per heavy atom. The van der Waals surface area contributed by atoms with Crippen LogP contribution in [0.15, 0.2) is 41.8 Å². The second-order valence-corrected chi connectivity index (χ2v) is 7.07. The van der Waals surface area contributed by atoms with Crippen LogP contribution >= 0.6 is 11.3 Å². The normalized spacial score (nSPS) is 10.4. The van der Waals surface area contributed by atoms with E-state index in [0.29, 0.717) is 22.4 Å². The number of benzene rings is 2. The van der Waals surface area contributed by atoms with Crippen molar-refractivity contribution >= 4 is 22.4 Å². The molecule has 0 aliphatic carbocycles. The van der Waals surface area contributed by atoms with Gasteiger partial charge in [0.25, 0.3) is 5.91 Å². The molecule has 28 heavy (non-hydrogen) atoms. The molecule has 7 heteroatoms. The summed E-state index contributed by atoms with van der Waals surface area (Å²) in [4.78, 5) is 16.7. The molecule has 146 valence electrons. The van der Waals surface area contributed by atoms with Crippen molar-refractivity contribution in [1.29, 1.82) is 0 Å². The molecule has 6 nitrogen and oxygen atoms in total. The average Bonchev–Trinajstić information content (AvgIpc) is 3.14. The molecule has 1 N–H and O–H groups in total. The molecular weight excluding hydrogens is 376 g/mol. The molecule has 1 heterocycles. The fourth-order valence-electron chi connectivity index (χ4n) is 2.72. The van der Waals surface area contributed by atoms with Crippen molar-refractivity contribution in [3.63, 3.8) is 0 Å². The first kappa shape index (κ1) is 19.7. The van der Waals surface area contributed by atoms with Gasteiger partial charge in [0.2, 0.25) is 0 Å². The second-order valence-electron chi connectivity index (χ2n) is 6.21. The molecule has 0 aliphatic heterocycles. The van der Waals surface area contributed by atoms with Gasteiger partial charge < -0.3 is 14.2 Å². The van der Waals surface area contributed by atoms with Crippen LogP contribution in [0.5, 0.6) is 17.2 Å². The molecule has 0 fully saturated rings. The number of hydrogen-bond donors (Lipinski definition) is 1. The number of anilines is 1. The van der Waals surface area contributed by atoms with Gasteiger partial charge in [0, 0.05) is 17.0 Å². The summed E-state index contributed by atoms with van der Waals surface area (Å²) in [6.07, 6.45) is 0. The van der Waals surface area contributed by atoms with Crippen LogP contribution in [0.3, 0.4) is 0 Å². The van der Waals surface area contributed by atoms with Gasteiger partial charge in [-0.15, -0.1) is 11.3 Å². The Morgan fingerprint density at radius 2 is 1.89 bits per heavy atom. The molecule has 0 aliphatic rings. The standard InChI is InChI=1S/C21H22N2O4S/c1-13-5-8-18(14(2)9-13)27-11-20(24)23-21-22-17(12-28-21)16-7-6-15(25-3)10-19(16)26-4/h5-10,12H,11H2,1-4H3,(H,22,23,24). The molecule has 3 rings (SSSR count). The average molecular weight is 398 g/mol. The third-order valence-corrected chi connectivity index (χ3v) is 4.88. The van der Waals surface area contributed by atoms with Crippen LogP contribution in [-0.2, 0) is 4.79 Å². The number of ether oxygens (including phenoxy) is 3. The van der Waals surface area contributed by atoms with Crippen LogP contribution in [0.1, 0.15) is 11.1 Å². The summed E-state index contributed by atoms with van der Waals surface area (Å²) in [6.45, 7) is 3.89. The van der Waals surface area contributed by atoms with Crippen LogP contribution in [0.2, 0.25) is 0 Å². The minimum absolute atomic E-state index is 0.0787. The second kappa shape index (κ2) is 8.75. The van der Waals surface area contributed by atoms with E-state index >= 15 is 0 Å². The lowest BCUT2D eigenvalue weighted by molar-refractivity contribution is -0.118. The summed E-state index contributed by atoms with van der Waals surface area (Å²) < 4.78 is 16.2. The van der Waals surface area contributed by atoms with E-state index in [9.17, 15) is 4.79 Å². The highest BCUT2D eigenvalue weighted by Crippen LogP contribution is 2.34. The number of rotatable bonds is 7. The minimum atomic E-state index is -0.262. The molecule has 0 saturated heterocycles.